The number of methoxy groups -OCH3 is 1. The lowest BCUT2D eigenvalue weighted by Crippen LogP contribution is -2.50. The van der Waals surface area contributed by atoms with E-state index < -0.39 is 11.5 Å². The quantitative estimate of drug-likeness (QED) is 0.807. The van der Waals surface area contributed by atoms with Gasteiger partial charge in [-0.05, 0) is 29.8 Å². The summed E-state index contributed by atoms with van der Waals surface area (Å²) >= 11 is 3.40. The number of carbonyl (C=O) groups excluding carboxylic acids is 1. The summed E-state index contributed by atoms with van der Waals surface area (Å²) in [5.41, 5.74) is -0.496. The van der Waals surface area contributed by atoms with Crippen molar-refractivity contribution in [2.75, 3.05) is 13.7 Å². The second kappa shape index (κ2) is 7.10. The van der Waals surface area contributed by atoms with Crippen LogP contribution in [-0.4, -0.2) is 36.2 Å². The Labute approximate surface area is 142 Å². The number of benzene rings is 2. The van der Waals surface area contributed by atoms with Crippen LogP contribution < -0.4 is 5.32 Å². The Balaban J connectivity index is 2.38. The van der Waals surface area contributed by atoms with Crippen LogP contribution in [0.4, 0.5) is 0 Å². The van der Waals surface area contributed by atoms with Crippen LogP contribution in [0.2, 0.25) is 0 Å². The van der Waals surface area contributed by atoms with Crippen molar-refractivity contribution in [2.24, 2.45) is 0 Å². The molecule has 0 aliphatic carbocycles. The van der Waals surface area contributed by atoms with Crippen molar-refractivity contribution in [1.82, 2.24) is 5.32 Å². The summed E-state index contributed by atoms with van der Waals surface area (Å²) in [5, 5.41) is 13.6. The van der Waals surface area contributed by atoms with Gasteiger partial charge in [-0.2, -0.15) is 0 Å². The third kappa shape index (κ3) is 4.30. The summed E-state index contributed by atoms with van der Waals surface area (Å²) in [5.74, 6) is -1.33. The first-order valence-electron chi connectivity index (χ1n) is 7.06. The van der Waals surface area contributed by atoms with Crippen molar-refractivity contribution < 1.29 is 19.4 Å². The van der Waals surface area contributed by atoms with Crippen molar-refractivity contribution in [2.45, 2.75) is 18.9 Å². The number of hydrogen-bond donors (Lipinski definition) is 2. The average Bonchev–Trinajstić information content (AvgIpc) is 2.45. The maximum Gasteiger partial charge on any atom is 0.305 e. The van der Waals surface area contributed by atoms with E-state index in [1.807, 2.05) is 30.3 Å². The van der Waals surface area contributed by atoms with Crippen LogP contribution in [0.5, 0.6) is 0 Å². The number of halogens is 1. The SMILES string of the molecule is COCC(C)(CC(=O)O)NC(=O)c1cc(Br)cc2ccccc12. The highest BCUT2D eigenvalue weighted by molar-refractivity contribution is 9.10. The molecule has 122 valence electrons. The van der Waals surface area contributed by atoms with E-state index in [2.05, 4.69) is 21.2 Å². The van der Waals surface area contributed by atoms with Gasteiger partial charge in [0.05, 0.1) is 18.6 Å². The van der Waals surface area contributed by atoms with Gasteiger partial charge in [-0.25, -0.2) is 0 Å². The first-order chi connectivity index (χ1) is 10.8. The summed E-state index contributed by atoms with van der Waals surface area (Å²) in [7, 11) is 1.47. The molecule has 5 nitrogen and oxygen atoms in total. The van der Waals surface area contributed by atoms with Gasteiger partial charge in [0.15, 0.2) is 0 Å². The largest absolute Gasteiger partial charge is 0.481 e. The highest BCUT2D eigenvalue weighted by Gasteiger charge is 2.30. The van der Waals surface area contributed by atoms with Crippen LogP contribution in [0.1, 0.15) is 23.7 Å². The van der Waals surface area contributed by atoms with Crippen LogP contribution in [0.25, 0.3) is 10.8 Å². The summed E-state index contributed by atoms with van der Waals surface area (Å²) < 4.78 is 5.85. The molecule has 1 atom stereocenters. The van der Waals surface area contributed by atoms with Crippen molar-refractivity contribution in [3.63, 3.8) is 0 Å². The van der Waals surface area contributed by atoms with Gasteiger partial charge < -0.3 is 15.2 Å². The van der Waals surface area contributed by atoms with Crippen LogP contribution in [0.3, 0.4) is 0 Å². The zero-order chi connectivity index (χ0) is 17.0. The Kier molecular flexibility index (Phi) is 5.38. The van der Waals surface area contributed by atoms with Gasteiger partial charge in [-0.3, -0.25) is 9.59 Å². The number of carboxylic acids is 1. The number of ether oxygens (including phenoxy) is 1. The summed E-state index contributed by atoms with van der Waals surface area (Å²) in [6, 6.07) is 11.2. The molecule has 1 unspecified atom stereocenters. The van der Waals surface area contributed by atoms with Crippen LogP contribution in [0.15, 0.2) is 40.9 Å². The fraction of sp³-hybridized carbons (Fsp3) is 0.294. The standard InChI is InChI=1S/C17H18BrNO4/c1-17(10-23-2,9-15(20)21)19-16(22)14-8-12(18)7-11-5-3-4-6-13(11)14/h3-8H,9-10H2,1-2H3,(H,19,22)(H,20,21). The number of carboxylic acid groups (broad SMARTS) is 1. The van der Waals surface area contributed by atoms with E-state index in [1.165, 1.54) is 7.11 Å². The Bertz CT molecular complexity index is 746. The van der Waals surface area contributed by atoms with E-state index in [1.54, 1.807) is 13.0 Å². The predicted molar refractivity (Wildman–Crippen MR) is 91.6 cm³/mol. The van der Waals surface area contributed by atoms with E-state index in [9.17, 15) is 9.59 Å². The number of rotatable bonds is 6. The van der Waals surface area contributed by atoms with Crippen LogP contribution >= 0.6 is 15.9 Å². The number of carbonyl (C=O) groups is 2. The Morgan fingerprint density at radius 1 is 1.30 bits per heavy atom. The maximum atomic E-state index is 12.7. The molecule has 1 amide bonds. The molecule has 0 bridgehead atoms. The minimum absolute atomic E-state index is 0.108. The van der Waals surface area contributed by atoms with Crippen LogP contribution in [0, 0.1) is 0 Å². The molecule has 0 aliphatic heterocycles. The molecule has 2 aromatic rings. The normalized spacial score (nSPS) is 13.5. The van der Waals surface area contributed by atoms with E-state index in [0.29, 0.717) is 5.56 Å². The van der Waals surface area contributed by atoms with Gasteiger partial charge in [0, 0.05) is 17.1 Å². The predicted octanol–water partition coefficient (Wildman–Crippen LogP) is 3.21. The van der Waals surface area contributed by atoms with Gasteiger partial charge in [-0.1, -0.05) is 40.2 Å². The number of fused-ring (bicyclic) bond motifs is 1. The highest BCUT2D eigenvalue weighted by Crippen LogP contribution is 2.25. The lowest BCUT2D eigenvalue weighted by atomic mass is 9.97. The second-order valence-electron chi connectivity index (χ2n) is 5.69. The third-order valence-corrected chi connectivity index (χ3v) is 3.95. The molecule has 2 aromatic carbocycles. The summed E-state index contributed by atoms with van der Waals surface area (Å²) in [6.45, 7) is 1.76. The van der Waals surface area contributed by atoms with Gasteiger partial charge in [0.1, 0.15) is 0 Å². The maximum absolute atomic E-state index is 12.7. The van der Waals surface area contributed by atoms with Crippen molar-refractivity contribution in [3.8, 4) is 0 Å². The van der Waals surface area contributed by atoms with E-state index >= 15 is 0 Å². The molecular weight excluding hydrogens is 362 g/mol. The smallest absolute Gasteiger partial charge is 0.305 e. The molecule has 2 rings (SSSR count). The average molecular weight is 380 g/mol. The highest BCUT2D eigenvalue weighted by atomic mass is 79.9. The van der Waals surface area contributed by atoms with Gasteiger partial charge >= 0.3 is 5.97 Å². The van der Waals surface area contributed by atoms with Crippen molar-refractivity contribution >= 4 is 38.6 Å². The van der Waals surface area contributed by atoms with E-state index in [4.69, 9.17) is 9.84 Å². The van der Waals surface area contributed by atoms with Crippen molar-refractivity contribution in [3.05, 3.63) is 46.4 Å². The molecule has 0 spiro atoms. The number of amides is 1. The number of hydrogen-bond acceptors (Lipinski definition) is 3. The Hall–Kier alpha value is -1.92. The van der Waals surface area contributed by atoms with Crippen LogP contribution in [-0.2, 0) is 9.53 Å². The fourth-order valence-electron chi connectivity index (χ4n) is 2.59. The summed E-state index contributed by atoms with van der Waals surface area (Å²) in [4.78, 5) is 23.8. The Morgan fingerprint density at radius 3 is 2.65 bits per heavy atom. The molecule has 0 aliphatic rings. The topological polar surface area (TPSA) is 75.6 Å². The van der Waals surface area contributed by atoms with Gasteiger partial charge in [-0.15, -0.1) is 0 Å². The molecule has 23 heavy (non-hydrogen) atoms. The first kappa shape index (κ1) is 17.4. The monoisotopic (exact) mass is 379 g/mol. The zero-order valence-electron chi connectivity index (χ0n) is 12.9. The molecule has 6 heteroatoms. The molecule has 0 saturated carbocycles. The zero-order valence-corrected chi connectivity index (χ0v) is 14.5. The number of aliphatic carboxylic acids is 1. The summed E-state index contributed by atoms with van der Waals surface area (Å²) in [6.07, 6.45) is -0.224. The molecule has 2 N–H and O–H groups in total. The van der Waals surface area contributed by atoms with Gasteiger partial charge in [0.25, 0.3) is 5.91 Å². The molecule has 0 radical (unpaired) electrons. The molecule has 0 fully saturated rings. The van der Waals surface area contributed by atoms with Gasteiger partial charge in [0.2, 0.25) is 0 Å². The minimum Gasteiger partial charge on any atom is -0.481 e. The lowest BCUT2D eigenvalue weighted by molar-refractivity contribution is -0.139. The van der Waals surface area contributed by atoms with Crippen molar-refractivity contribution in [1.29, 1.82) is 0 Å². The Morgan fingerprint density at radius 2 is 2.00 bits per heavy atom. The number of nitrogens with one attached hydrogen (secondary N) is 1. The molecule has 0 heterocycles. The van der Waals surface area contributed by atoms with E-state index in [0.717, 1.165) is 15.2 Å². The lowest BCUT2D eigenvalue weighted by Gasteiger charge is -2.28. The first-order valence-corrected chi connectivity index (χ1v) is 7.85. The third-order valence-electron chi connectivity index (χ3n) is 3.49. The fourth-order valence-corrected chi connectivity index (χ4v) is 3.06. The minimum atomic E-state index is -0.996. The molecule has 0 aromatic heterocycles. The second-order valence-corrected chi connectivity index (χ2v) is 6.61. The van der Waals surface area contributed by atoms with E-state index in [-0.39, 0.29) is 18.9 Å². The molecule has 0 saturated heterocycles. The molecular formula is C17H18BrNO4.